The van der Waals surface area contributed by atoms with Crippen LogP contribution in [0.25, 0.3) is 0 Å². The van der Waals surface area contributed by atoms with Crippen molar-refractivity contribution in [2.45, 2.75) is 38.3 Å². The van der Waals surface area contributed by atoms with Gasteiger partial charge < -0.3 is 5.73 Å². The van der Waals surface area contributed by atoms with Gasteiger partial charge in [-0.1, -0.05) is 6.42 Å². The van der Waals surface area contributed by atoms with Gasteiger partial charge in [-0.15, -0.1) is 0 Å². The molecule has 0 saturated carbocycles. The van der Waals surface area contributed by atoms with E-state index >= 15 is 0 Å². The molecule has 0 amide bonds. The lowest BCUT2D eigenvalue weighted by Gasteiger charge is -2.38. The average Bonchev–Trinajstić information content (AvgIpc) is 2.25. The van der Waals surface area contributed by atoms with Gasteiger partial charge in [-0.3, -0.25) is 0 Å². The third-order valence-corrected chi connectivity index (χ3v) is 6.48. The highest BCUT2D eigenvalue weighted by Crippen LogP contribution is 2.25. The van der Waals surface area contributed by atoms with Gasteiger partial charge in [0.2, 0.25) is 10.0 Å². The molecule has 2 N–H and O–H groups in total. The van der Waals surface area contributed by atoms with Gasteiger partial charge >= 0.3 is 0 Å². The minimum atomic E-state index is -3.55. The zero-order valence-electron chi connectivity index (χ0n) is 10.9. The fourth-order valence-electron chi connectivity index (χ4n) is 2.35. The number of hydrogen-bond donors (Lipinski definition) is 1. The molecule has 18 heavy (non-hydrogen) atoms. The molecule has 0 spiro atoms. The maximum absolute atomic E-state index is 12.2. The zero-order valence-corrected chi connectivity index (χ0v) is 12.5. The van der Waals surface area contributed by atoms with Crippen molar-refractivity contribution in [2.75, 3.05) is 24.3 Å². The summed E-state index contributed by atoms with van der Waals surface area (Å²) in [6.07, 6.45) is 3.55. The van der Waals surface area contributed by atoms with E-state index in [1.165, 1.54) is 4.31 Å². The Balaban J connectivity index is 2.87. The first-order valence-corrected chi connectivity index (χ1v) is 9.73. The Morgan fingerprint density at radius 1 is 1.17 bits per heavy atom. The Morgan fingerprint density at radius 3 is 2.28 bits per heavy atom. The number of piperidine rings is 1. The SMILES string of the molecule is CC1CCCC(CN)N1S(=O)(=O)CCS(C)(=O)=O. The molecule has 1 aliphatic heterocycles. The number of rotatable bonds is 5. The van der Waals surface area contributed by atoms with Gasteiger partial charge in [0.25, 0.3) is 0 Å². The summed E-state index contributed by atoms with van der Waals surface area (Å²) in [6, 6.07) is -0.296. The van der Waals surface area contributed by atoms with Crippen molar-refractivity contribution in [1.82, 2.24) is 4.31 Å². The quantitative estimate of drug-likeness (QED) is 0.742. The Bertz CT molecular complexity index is 472. The monoisotopic (exact) mass is 298 g/mol. The van der Waals surface area contributed by atoms with Crippen LogP contribution < -0.4 is 5.73 Å². The van der Waals surface area contributed by atoms with Crippen LogP contribution in [0, 0.1) is 0 Å². The van der Waals surface area contributed by atoms with Crippen LogP contribution in [0.1, 0.15) is 26.2 Å². The molecule has 1 saturated heterocycles. The highest BCUT2D eigenvalue weighted by Gasteiger charge is 2.36. The second kappa shape index (κ2) is 5.85. The lowest BCUT2D eigenvalue weighted by Crippen LogP contribution is -2.52. The number of hydrogen-bond acceptors (Lipinski definition) is 5. The maximum atomic E-state index is 12.2. The molecule has 8 heteroatoms. The van der Waals surface area contributed by atoms with Crippen LogP contribution >= 0.6 is 0 Å². The molecule has 2 unspecified atom stereocenters. The summed E-state index contributed by atoms with van der Waals surface area (Å²) in [7, 11) is -6.83. The fourth-order valence-corrected chi connectivity index (χ4v) is 5.91. The van der Waals surface area contributed by atoms with Crippen LogP contribution in [0.3, 0.4) is 0 Å². The summed E-state index contributed by atoms with van der Waals surface area (Å²) in [6.45, 7) is 2.13. The first kappa shape index (κ1) is 15.9. The van der Waals surface area contributed by atoms with Gasteiger partial charge in [0.15, 0.2) is 0 Å². The predicted molar refractivity (Wildman–Crippen MR) is 71.5 cm³/mol. The van der Waals surface area contributed by atoms with Crippen molar-refractivity contribution in [1.29, 1.82) is 0 Å². The summed E-state index contributed by atoms with van der Waals surface area (Å²) in [5, 5.41) is 0. The van der Waals surface area contributed by atoms with E-state index < -0.39 is 19.9 Å². The molecular formula is C10H22N2O4S2. The van der Waals surface area contributed by atoms with E-state index in [-0.39, 0.29) is 30.1 Å². The van der Waals surface area contributed by atoms with E-state index in [2.05, 4.69) is 0 Å². The number of sulfonamides is 1. The summed E-state index contributed by atoms with van der Waals surface area (Å²) in [4.78, 5) is 0. The molecular weight excluding hydrogens is 276 g/mol. The Hall–Kier alpha value is -0.180. The molecule has 0 aromatic heterocycles. The summed E-state index contributed by atoms with van der Waals surface area (Å²) in [5.41, 5.74) is 5.61. The van der Waals surface area contributed by atoms with Crippen molar-refractivity contribution in [3.05, 3.63) is 0 Å². The molecule has 0 radical (unpaired) electrons. The average molecular weight is 298 g/mol. The first-order valence-electron chi connectivity index (χ1n) is 6.06. The van der Waals surface area contributed by atoms with Crippen molar-refractivity contribution >= 4 is 19.9 Å². The van der Waals surface area contributed by atoms with E-state index in [9.17, 15) is 16.8 Å². The number of sulfone groups is 1. The smallest absolute Gasteiger partial charge is 0.215 e. The second-order valence-corrected chi connectivity index (χ2v) is 9.20. The third kappa shape index (κ3) is 4.18. The summed E-state index contributed by atoms with van der Waals surface area (Å²) < 4.78 is 48.0. The summed E-state index contributed by atoms with van der Waals surface area (Å²) >= 11 is 0. The van der Waals surface area contributed by atoms with Crippen LogP contribution in [-0.2, 0) is 19.9 Å². The van der Waals surface area contributed by atoms with Gasteiger partial charge in [-0.2, -0.15) is 4.31 Å². The van der Waals surface area contributed by atoms with E-state index in [1.54, 1.807) is 0 Å². The van der Waals surface area contributed by atoms with Crippen LogP contribution in [0.15, 0.2) is 0 Å². The van der Waals surface area contributed by atoms with Gasteiger partial charge in [0.05, 0.1) is 11.5 Å². The minimum absolute atomic E-state index is 0.100. The van der Waals surface area contributed by atoms with Crippen molar-refractivity contribution in [3.63, 3.8) is 0 Å². The molecule has 0 aliphatic carbocycles. The molecule has 0 aromatic carbocycles. The van der Waals surface area contributed by atoms with Crippen LogP contribution in [0.5, 0.6) is 0 Å². The maximum Gasteiger partial charge on any atom is 0.215 e. The Morgan fingerprint density at radius 2 is 1.78 bits per heavy atom. The lowest BCUT2D eigenvalue weighted by molar-refractivity contribution is 0.196. The zero-order chi connectivity index (χ0) is 14.0. The minimum Gasteiger partial charge on any atom is -0.329 e. The highest BCUT2D eigenvalue weighted by molar-refractivity contribution is 7.93. The molecule has 1 rings (SSSR count). The molecule has 1 fully saturated rings. The summed E-state index contributed by atoms with van der Waals surface area (Å²) in [5.74, 6) is -0.692. The van der Waals surface area contributed by atoms with E-state index in [0.29, 0.717) is 0 Å². The Labute approximate surface area is 110 Å². The Kier molecular flexibility index (Phi) is 5.16. The first-order chi connectivity index (χ1) is 8.17. The predicted octanol–water partition coefficient (Wildman–Crippen LogP) is -0.437. The number of nitrogens with zero attached hydrogens (tertiary/aromatic N) is 1. The van der Waals surface area contributed by atoms with Gasteiger partial charge in [-0.05, 0) is 19.8 Å². The van der Waals surface area contributed by atoms with Gasteiger partial charge in [0.1, 0.15) is 9.84 Å². The topological polar surface area (TPSA) is 97.5 Å². The highest BCUT2D eigenvalue weighted by atomic mass is 32.2. The van der Waals surface area contributed by atoms with E-state index in [4.69, 9.17) is 5.73 Å². The van der Waals surface area contributed by atoms with Crippen molar-refractivity contribution in [3.8, 4) is 0 Å². The normalized spacial score (nSPS) is 27.3. The number of nitrogens with two attached hydrogens (primary N) is 1. The largest absolute Gasteiger partial charge is 0.329 e. The third-order valence-electron chi connectivity index (χ3n) is 3.26. The van der Waals surface area contributed by atoms with Crippen molar-refractivity contribution in [2.24, 2.45) is 5.73 Å². The van der Waals surface area contributed by atoms with Gasteiger partial charge in [-0.25, -0.2) is 16.8 Å². The molecule has 6 nitrogen and oxygen atoms in total. The molecule has 108 valence electrons. The van der Waals surface area contributed by atoms with Crippen molar-refractivity contribution < 1.29 is 16.8 Å². The van der Waals surface area contributed by atoms with Gasteiger partial charge in [0, 0.05) is 24.9 Å². The lowest BCUT2D eigenvalue weighted by atomic mass is 10.00. The fraction of sp³-hybridized carbons (Fsp3) is 1.00. The second-order valence-electron chi connectivity index (χ2n) is 4.95. The molecule has 0 bridgehead atoms. The van der Waals surface area contributed by atoms with Crippen LogP contribution in [-0.4, -0.2) is 57.5 Å². The molecule has 1 heterocycles. The van der Waals surface area contributed by atoms with E-state index in [1.807, 2.05) is 6.92 Å². The van der Waals surface area contributed by atoms with E-state index in [0.717, 1.165) is 25.5 Å². The molecule has 1 aliphatic rings. The van der Waals surface area contributed by atoms with Crippen LogP contribution in [0.2, 0.25) is 0 Å². The molecule has 0 aromatic rings. The standard InChI is InChI=1S/C10H22N2O4S2/c1-9-4-3-5-10(8-11)12(9)18(15,16)7-6-17(2,13)14/h9-10H,3-8,11H2,1-2H3. The molecule has 2 atom stereocenters. The van der Waals surface area contributed by atoms with Crippen LogP contribution in [0.4, 0.5) is 0 Å².